The van der Waals surface area contributed by atoms with Gasteiger partial charge in [-0.2, -0.15) is 0 Å². The van der Waals surface area contributed by atoms with Gasteiger partial charge >= 0.3 is 0 Å². The van der Waals surface area contributed by atoms with Crippen LogP contribution < -0.4 is 0 Å². The molecular weight excluding hydrogens is 325 g/mol. The van der Waals surface area contributed by atoms with Crippen molar-refractivity contribution in [3.8, 4) is 10.6 Å². The third-order valence-electron chi connectivity index (χ3n) is 2.70. The van der Waals surface area contributed by atoms with Crippen molar-refractivity contribution in [2.45, 2.75) is 0 Å². The highest BCUT2D eigenvalue weighted by atomic mass is 35.5. The van der Waals surface area contributed by atoms with E-state index in [2.05, 4.69) is 15.2 Å². The number of hydrogen-bond acceptors (Lipinski definition) is 4. The summed E-state index contributed by atoms with van der Waals surface area (Å²) < 4.78 is 0. The van der Waals surface area contributed by atoms with Gasteiger partial charge in [0.15, 0.2) is 5.01 Å². The van der Waals surface area contributed by atoms with Gasteiger partial charge in [0.1, 0.15) is 0 Å². The van der Waals surface area contributed by atoms with Gasteiger partial charge in [-0.15, -0.1) is 10.2 Å². The highest BCUT2D eigenvalue weighted by Gasteiger charge is 2.09. The van der Waals surface area contributed by atoms with E-state index < -0.39 is 0 Å². The summed E-state index contributed by atoms with van der Waals surface area (Å²) in [6.07, 6.45) is 1.76. The molecule has 0 saturated heterocycles. The largest absolute Gasteiger partial charge is 0.231 e. The summed E-state index contributed by atoms with van der Waals surface area (Å²) in [7, 11) is 0. The molecule has 0 bridgehead atoms. The number of hydrogen-bond donors (Lipinski definition) is 0. The molecular formula is C15H9Cl2N3S. The fraction of sp³-hybridized carbons (Fsp3) is 0. The van der Waals surface area contributed by atoms with E-state index in [0.29, 0.717) is 15.2 Å². The molecule has 104 valence electrons. The van der Waals surface area contributed by atoms with Crippen LogP contribution in [0.5, 0.6) is 0 Å². The topological polar surface area (TPSA) is 38.1 Å². The van der Waals surface area contributed by atoms with Crippen LogP contribution in [-0.2, 0) is 0 Å². The van der Waals surface area contributed by atoms with Crippen molar-refractivity contribution >= 4 is 45.9 Å². The molecule has 3 rings (SSSR count). The Hall–Kier alpha value is -1.75. The quantitative estimate of drug-likeness (QED) is 0.613. The first-order chi connectivity index (χ1) is 10.2. The molecule has 0 radical (unpaired) electrons. The summed E-state index contributed by atoms with van der Waals surface area (Å²) in [6, 6.07) is 15.1. The molecule has 0 aliphatic heterocycles. The molecule has 3 aromatic rings. The Morgan fingerprint density at radius 1 is 1.00 bits per heavy atom. The van der Waals surface area contributed by atoms with E-state index in [9.17, 15) is 0 Å². The van der Waals surface area contributed by atoms with E-state index in [0.717, 1.165) is 16.1 Å². The third kappa shape index (κ3) is 3.47. The van der Waals surface area contributed by atoms with Crippen LogP contribution in [0.15, 0.2) is 53.5 Å². The summed E-state index contributed by atoms with van der Waals surface area (Å²) in [5.74, 6) is 0. The van der Waals surface area contributed by atoms with Crippen molar-refractivity contribution < 1.29 is 0 Å². The van der Waals surface area contributed by atoms with Gasteiger partial charge in [0.25, 0.3) is 0 Å². The van der Waals surface area contributed by atoms with Crippen molar-refractivity contribution in [2.75, 3.05) is 0 Å². The zero-order chi connectivity index (χ0) is 14.7. The van der Waals surface area contributed by atoms with E-state index in [1.54, 1.807) is 18.3 Å². The Morgan fingerprint density at radius 2 is 1.81 bits per heavy atom. The second-order valence-electron chi connectivity index (χ2n) is 4.18. The zero-order valence-electron chi connectivity index (χ0n) is 10.7. The maximum Gasteiger partial charge on any atom is 0.231 e. The molecule has 0 aliphatic carbocycles. The molecule has 6 heteroatoms. The van der Waals surface area contributed by atoms with Crippen LogP contribution in [-0.4, -0.2) is 16.4 Å². The number of aliphatic imine (C=N–C) groups is 1. The first kappa shape index (κ1) is 14.2. The van der Waals surface area contributed by atoms with Crippen LogP contribution in [0.1, 0.15) is 5.56 Å². The summed E-state index contributed by atoms with van der Waals surface area (Å²) in [6.45, 7) is 0. The van der Waals surface area contributed by atoms with E-state index >= 15 is 0 Å². The van der Waals surface area contributed by atoms with Crippen molar-refractivity contribution in [2.24, 2.45) is 4.99 Å². The molecule has 0 fully saturated rings. The molecule has 0 unspecified atom stereocenters. The lowest BCUT2D eigenvalue weighted by Crippen LogP contribution is -1.78. The van der Waals surface area contributed by atoms with Crippen molar-refractivity contribution in [1.82, 2.24) is 10.2 Å². The lowest BCUT2D eigenvalue weighted by atomic mass is 10.2. The molecule has 21 heavy (non-hydrogen) atoms. The first-order valence-electron chi connectivity index (χ1n) is 6.10. The van der Waals surface area contributed by atoms with Crippen LogP contribution in [0.2, 0.25) is 10.0 Å². The maximum absolute atomic E-state index is 6.16. The lowest BCUT2D eigenvalue weighted by Gasteiger charge is -1.98. The summed E-state index contributed by atoms with van der Waals surface area (Å²) in [5, 5.41) is 10.6. The summed E-state index contributed by atoms with van der Waals surface area (Å²) in [5.41, 5.74) is 1.82. The van der Waals surface area contributed by atoms with E-state index in [1.807, 2.05) is 36.4 Å². The highest BCUT2D eigenvalue weighted by Crippen LogP contribution is 2.34. The monoisotopic (exact) mass is 333 g/mol. The van der Waals surface area contributed by atoms with Crippen LogP contribution in [0.4, 0.5) is 5.13 Å². The molecule has 0 amide bonds. The molecule has 0 N–H and O–H groups in total. The smallest absolute Gasteiger partial charge is 0.226 e. The SMILES string of the molecule is Clc1ccc(-c2nnc(/N=C/c3ccccc3)s2)c(Cl)c1. The second kappa shape index (κ2) is 6.35. The molecule has 0 aliphatic rings. The molecule has 2 aromatic carbocycles. The van der Waals surface area contributed by atoms with Gasteiger partial charge in [-0.3, -0.25) is 0 Å². The van der Waals surface area contributed by atoms with Gasteiger partial charge in [0.2, 0.25) is 5.13 Å². The summed E-state index contributed by atoms with van der Waals surface area (Å²) >= 11 is 13.4. The predicted octanol–water partition coefficient (Wildman–Crippen LogP) is 5.26. The van der Waals surface area contributed by atoms with Crippen LogP contribution in [0, 0.1) is 0 Å². The Labute approximate surface area is 135 Å². The van der Waals surface area contributed by atoms with Crippen LogP contribution >= 0.6 is 34.5 Å². The number of nitrogens with zero attached hydrogens (tertiary/aromatic N) is 3. The fourth-order valence-electron chi connectivity index (χ4n) is 1.71. The Morgan fingerprint density at radius 3 is 2.57 bits per heavy atom. The van der Waals surface area contributed by atoms with Gasteiger partial charge in [-0.25, -0.2) is 4.99 Å². The second-order valence-corrected chi connectivity index (χ2v) is 5.98. The minimum absolute atomic E-state index is 0.553. The van der Waals surface area contributed by atoms with Gasteiger partial charge < -0.3 is 0 Å². The van der Waals surface area contributed by atoms with Gasteiger partial charge in [0.05, 0.1) is 5.02 Å². The molecule has 0 spiro atoms. The fourth-order valence-corrected chi connectivity index (χ4v) is 2.99. The average molecular weight is 334 g/mol. The number of rotatable bonds is 3. The van der Waals surface area contributed by atoms with E-state index in [1.165, 1.54) is 11.3 Å². The zero-order valence-corrected chi connectivity index (χ0v) is 13.0. The standard InChI is InChI=1S/C15H9Cl2N3S/c16-11-6-7-12(13(17)8-11)14-19-20-15(21-14)18-9-10-4-2-1-3-5-10/h1-9H/b18-9+. The molecule has 0 atom stereocenters. The first-order valence-corrected chi connectivity index (χ1v) is 7.68. The third-order valence-corrected chi connectivity index (χ3v) is 4.11. The lowest BCUT2D eigenvalue weighted by molar-refractivity contribution is 1.09. The van der Waals surface area contributed by atoms with Crippen LogP contribution in [0.3, 0.4) is 0 Å². The average Bonchev–Trinajstić information content (AvgIpc) is 2.95. The van der Waals surface area contributed by atoms with Crippen molar-refractivity contribution in [3.63, 3.8) is 0 Å². The van der Waals surface area contributed by atoms with Crippen LogP contribution in [0.25, 0.3) is 10.6 Å². The number of halogens is 2. The molecule has 3 nitrogen and oxygen atoms in total. The summed E-state index contributed by atoms with van der Waals surface area (Å²) in [4.78, 5) is 4.32. The number of aromatic nitrogens is 2. The Balaban J connectivity index is 1.85. The van der Waals surface area contributed by atoms with Gasteiger partial charge in [-0.05, 0) is 23.8 Å². The minimum atomic E-state index is 0.553. The van der Waals surface area contributed by atoms with Crippen molar-refractivity contribution in [3.05, 3.63) is 64.1 Å². The van der Waals surface area contributed by atoms with E-state index in [-0.39, 0.29) is 0 Å². The Kier molecular flexibility index (Phi) is 4.29. The van der Waals surface area contributed by atoms with Gasteiger partial charge in [-0.1, -0.05) is 64.9 Å². The highest BCUT2D eigenvalue weighted by molar-refractivity contribution is 7.18. The maximum atomic E-state index is 6.16. The normalized spacial score (nSPS) is 11.1. The molecule has 1 aromatic heterocycles. The van der Waals surface area contributed by atoms with Gasteiger partial charge in [0, 0.05) is 16.8 Å². The molecule has 1 heterocycles. The minimum Gasteiger partial charge on any atom is -0.226 e. The Bertz CT molecular complexity index is 785. The van der Waals surface area contributed by atoms with Crippen molar-refractivity contribution in [1.29, 1.82) is 0 Å². The predicted molar refractivity (Wildman–Crippen MR) is 89.1 cm³/mol. The molecule has 0 saturated carbocycles. The number of benzene rings is 2. The van der Waals surface area contributed by atoms with E-state index in [4.69, 9.17) is 23.2 Å².